The van der Waals surface area contributed by atoms with E-state index in [4.69, 9.17) is 4.74 Å². The summed E-state index contributed by atoms with van der Waals surface area (Å²) in [7, 11) is 1.38. The van der Waals surface area contributed by atoms with E-state index in [0.717, 1.165) is 23.1 Å². The maximum atomic E-state index is 11.4. The first kappa shape index (κ1) is 15.2. The molecule has 1 aromatic carbocycles. The molecule has 0 fully saturated rings. The van der Waals surface area contributed by atoms with Gasteiger partial charge in [-0.15, -0.1) is 11.3 Å². The molecule has 0 unspecified atom stereocenters. The number of benzene rings is 1. The number of esters is 1. The van der Waals surface area contributed by atoms with E-state index < -0.39 is 0 Å². The predicted octanol–water partition coefficient (Wildman–Crippen LogP) is 3.90. The molecular weight excluding hydrogens is 338 g/mol. The van der Waals surface area contributed by atoms with Gasteiger partial charge in [0.2, 0.25) is 0 Å². The molecule has 1 N–H and O–H groups in total. The lowest BCUT2D eigenvalue weighted by Gasteiger charge is -2.07. The number of hydrogen-bond donors (Lipinski definition) is 1. The summed E-state index contributed by atoms with van der Waals surface area (Å²) in [4.78, 5) is 14.1. The normalized spacial score (nSPS) is 10.6. The second-order valence-electron chi connectivity index (χ2n) is 4.41. The van der Waals surface area contributed by atoms with Gasteiger partial charge >= 0.3 is 5.97 Å². The maximum absolute atomic E-state index is 11.4. The molecule has 20 heavy (non-hydrogen) atoms. The van der Waals surface area contributed by atoms with Crippen molar-refractivity contribution in [2.75, 3.05) is 7.11 Å². The monoisotopic (exact) mass is 353 g/mol. The lowest BCUT2D eigenvalue weighted by atomic mass is 10.1. The van der Waals surface area contributed by atoms with Crippen LogP contribution in [0.5, 0.6) is 0 Å². The zero-order chi connectivity index (χ0) is 14.5. The molecule has 0 aliphatic heterocycles. The molecule has 0 aliphatic rings. The Morgan fingerprint density at radius 1 is 1.30 bits per heavy atom. The lowest BCUT2D eigenvalue weighted by molar-refractivity contribution is 0.0600. The molecule has 0 aliphatic carbocycles. The van der Waals surface area contributed by atoms with E-state index in [0.29, 0.717) is 5.56 Å². The van der Waals surface area contributed by atoms with Gasteiger partial charge in [0, 0.05) is 27.3 Å². The van der Waals surface area contributed by atoms with Crippen molar-refractivity contribution in [3.05, 3.63) is 55.7 Å². The number of rotatable bonds is 5. The predicted molar refractivity (Wildman–Crippen MR) is 85.1 cm³/mol. The molecule has 1 heterocycles. The number of aryl methyl sites for hydroxylation is 1. The Morgan fingerprint density at radius 2 is 2.10 bits per heavy atom. The minimum Gasteiger partial charge on any atom is -0.465 e. The summed E-state index contributed by atoms with van der Waals surface area (Å²) in [5.41, 5.74) is 1.67. The summed E-state index contributed by atoms with van der Waals surface area (Å²) in [5.74, 6) is -0.320. The van der Waals surface area contributed by atoms with Crippen molar-refractivity contribution < 1.29 is 9.53 Å². The molecular formula is C15H16BrNO2S. The molecule has 2 rings (SSSR count). The lowest BCUT2D eigenvalue weighted by Crippen LogP contribution is -2.12. The topological polar surface area (TPSA) is 38.3 Å². The van der Waals surface area contributed by atoms with Crippen molar-refractivity contribution >= 4 is 33.2 Å². The Labute approximate surface area is 131 Å². The maximum Gasteiger partial charge on any atom is 0.337 e. The zero-order valence-electron chi connectivity index (χ0n) is 11.4. The largest absolute Gasteiger partial charge is 0.465 e. The van der Waals surface area contributed by atoms with E-state index >= 15 is 0 Å². The van der Waals surface area contributed by atoms with Crippen molar-refractivity contribution in [2.45, 2.75) is 20.0 Å². The van der Waals surface area contributed by atoms with Crippen molar-refractivity contribution in [1.29, 1.82) is 0 Å². The molecule has 5 heteroatoms. The number of nitrogens with one attached hydrogen (secondary N) is 1. The van der Waals surface area contributed by atoms with Crippen LogP contribution in [0.15, 0.2) is 34.8 Å². The van der Waals surface area contributed by atoms with Gasteiger partial charge in [0.05, 0.1) is 12.7 Å². The molecule has 2 aromatic rings. The SMILES string of the molecule is COC(=O)c1ccc(CNCc2ccc(C)s2)c(Br)c1. The van der Waals surface area contributed by atoms with E-state index in [-0.39, 0.29) is 5.97 Å². The van der Waals surface area contributed by atoms with Crippen LogP contribution in [0.2, 0.25) is 0 Å². The van der Waals surface area contributed by atoms with Crippen molar-refractivity contribution in [2.24, 2.45) is 0 Å². The number of methoxy groups -OCH3 is 1. The van der Waals surface area contributed by atoms with Crippen molar-refractivity contribution in [3.63, 3.8) is 0 Å². The summed E-state index contributed by atoms with van der Waals surface area (Å²) in [6.45, 7) is 3.71. The summed E-state index contributed by atoms with van der Waals surface area (Å²) in [5, 5.41) is 3.40. The third-order valence-corrected chi connectivity index (χ3v) is 4.62. The minimum absolute atomic E-state index is 0.320. The third kappa shape index (κ3) is 3.91. The summed E-state index contributed by atoms with van der Waals surface area (Å²) in [6, 6.07) is 9.77. The minimum atomic E-state index is -0.320. The molecule has 106 valence electrons. The molecule has 0 radical (unpaired) electrons. The van der Waals surface area contributed by atoms with E-state index in [9.17, 15) is 4.79 Å². The van der Waals surface area contributed by atoms with Gasteiger partial charge in [-0.2, -0.15) is 0 Å². The average Bonchev–Trinajstić information content (AvgIpc) is 2.85. The van der Waals surface area contributed by atoms with Crippen LogP contribution in [-0.4, -0.2) is 13.1 Å². The fourth-order valence-corrected chi connectivity index (χ4v) is 3.21. The smallest absolute Gasteiger partial charge is 0.337 e. The molecule has 3 nitrogen and oxygen atoms in total. The number of carbonyl (C=O) groups excluding carboxylic acids is 1. The van der Waals surface area contributed by atoms with Crippen LogP contribution >= 0.6 is 27.3 Å². The first-order valence-corrected chi connectivity index (χ1v) is 7.84. The van der Waals surface area contributed by atoms with E-state index in [2.05, 4.69) is 40.3 Å². The van der Waals surface area contributed by atoms with Crippen LogP contribution in [0.1, 0.15) is 25.7 Å². The quantitative estimate of drug-likeness (QED) is 0.828. The van der Waals surface area contributed by atoms with Gasteiger partial charge in [-0.25, -0.2) is 4.79 Å². The van der Waals surface area contributed by atoms with Crippen LogP contribution < -0.4 is 5.32 Å². The van der Waals surface area contributed by atoms with Gasteiger partial charge in [0.25, 0.3) is 0 Å². The van der Waals surface area contributed by atoms with E-state index in [1.807, 2.05) is 6.07 Å². The van der Waals surface area contributed by atoms with Crippen molar-refractivity contribution in [3.8, 4) is 0 Å². The van der Waals surface area contributed by atoms with Crippen LogP contribution in [0.25, 0.3) is 0 Å². The van der Waals surface area contributed by atoms with Gasteiger partial charge in [-0.1, -0.05) is 22.0 Å². The summed E-state index contributed by atoms with van der Waals surface area (Å²) < 4.78 is 5.61. The molecule has 0 amide bonds. The number of ether oxygens (including phenoxy) is 1. The van der Waals surface area contributed by atoms with Crippen molar-refractivity contribution in [1.82, 2.24) is 5.32 Å². The number of carbonyl (C=O) groups is 1. The standard InChI is InChI=1S/C15H16BrNO2S/c1-10-3-6-13(20-10)9-17-8-12-5-4-11(7-14(12)16)15(18)19-2/h3-7,17H,8-9H2,1-2H3. The number of hydrogen-bond acceptors (Lipinski definition) is 4. The van der Waals surface area contributed by atoms with Gasteiger partial charge in [-0.05, 0) is 36.8 Å². The molecule has 0 saturated carbocycles. The Morgan fingerprint density at radius 3 is 2.70 bits per heavy atom. The summed E-state index contributed by atoms with van der Waals surface area (Å²) in [6.07, 6.45) is 0. The highest BCUT2D eigenvalue weighted by atomic mass is 79.9. The fourth-order valence-electron chi connectivity index (χ4n) is 1.84. The molecule has 0 spiro atoms. The Bertz CT molecular complexity index is 610. The molecule has 0 bridgehead atoms. The summed E-state index contributed by atoms with van der Waals surface area (Å²) >= 11 is 5.29. The highest BCUT2D eigenvalue weighted by Crippen LogP contribution is 2.20. The first-order valence-electron chi connectivity index (χ1n) is 6.23. The van der Waals surface area contributed by atoms with Crippen LogP contribution in [0.4, 0.5) is 0 Å². The van der Waals surface area contributed by atoms with Gasteiger partial charge in [0.1, 0.15) is 0 Å². The Balaban J connectivity index is 1.94. The second kappa shape index (κ2) is 7.02. The van der Waals surface area contributed by atoms with Crippen LogP contribution in [-0.2, 0) is 17.8 Å². The second-order valence-corrected chi connectivity index (χ2v) is 6.64. The van der Waals surface area contributed by atoms with Gasteiger partial charge < -0.3 is 10.1 Å². The zero-order valence-corrected chi connectivity index (χ0v) is 13.8. The Kier molecular flexibility index (Phi) is 5.34. The first-order chi connectivity index (χ1) is 9.60. The highest BCUT2D eigenvalue weighted by molar-refractivity contribution is 9.10. The average molecular weight is 354 g/mol. The van der Waals surface area contributed by atoms with Crippen LogP contribution in [0, 0.1) is 6.92 Å². The van der Waals surface area contributed by atoms with E-state index in [1.54, 1.807) is 23.5 Å². The van der Waals surface area contributed by atoms with Crippen LogP contribution in [0.3, 0.4) is 0 Å². The van der Waals surface area contributed by atoms with Gasteiger partial charge in [-0.3, -0.25) is 0 Å². The molecule has 1 aromatic heterocycles. The molecule has 0 atom stereocenters. The third-order valence-electron chi connectivity index (χ3n) is 2.88. The Hall–Kier alpha value is -1.17. The van der Waals surface area contributed by atoms with Gasteiger partial charge in [0.15, 0.2) is 0 Å². The molecule has 0 saturated heterocycles. The number of halogens is 1. The van der Waals surface area contributed by atoms with E-state index in [1.165, 1.54) is 16.9 Å². The fraction of sp³-hybridized carbons (Fsp3) is 0.267. The number of thiophene rings is 1. The highest BCUT2D eigenvalue weighted by Gasteiger charge is 2.08.